The van der Waals surface area contributed by atoms with Crippen molar-refractivity contribution >= 4 is 33.0 Å². The molecule has 0 saturated carbocycles. The highest BCUT2D eigenvalue weighted by Gasteiger charge is 2.19. The fourth-order valence-electron chi connectivity index (χ4n) is 2.95. The summed E-state index contributed by atoms with van der Waals surface area (Å²) in [4.78, 5) is 18.8. The van der Waals surface area contributed by atoms with Gasteiger partial charge in [-0.2, -0.15) is 0 Å². The molecule has 3 nitrogen and oxygen atoms in total. The first-order valence-electron chi connectivity index (χ1n) is 7.78. The lowest BCUT2D eigenvalue weighted by molar-refractivity contribution is 0.0773. The first-order valence-corrected chi connectivity index (χ1v) is 8.66. The van der Waals surface area contributed by atoms with Crippen molar-refractivity contribution in [3.8, 4) is 0 Å². The number of hydrogen-bond donors (Lipinski definition) is 0. The lowest BCUT2D eigenvalue weighted by Crippen LogP contribution is -2.34. The van der Waals surface area contributed by atoms with Gasteiger partial charge in [-0.1, -0.05) is 18.2 Å². The SMILES string of the molecule is O=C(c1ccc2scnc2c1)N1CC=C(c2ccc(F)cc2)CC1. The lowest BCUT2D eigenvalue weighted by Gasteiger charge is -2.26. The van der Waals surface area contributed by atoms with E-state index in [0.29, 0.717) is 18.7 Å². The predicted octanol–water partition coefficient (Wildman–Crippen LogP) is 4.36. The van der Waals surface area contributed by atoms with Crippen LogP contribution in [0, 0.1) is 5.82 Å². The van der Waals surface area contributed by atoms with Crippen LogP contribution in [0.1, 0.15) is 22.3 Å². The average molecular weight is 338 g/mol. The Hall–Kier alpha value is -2.53. The third-order valence-corrected chi connectivity index (χ3v) is 5.10. The molecule has 1 aromatic heterocycles. The Morgan fingerprint density at radius 2 is 2.00 bits per heavy atom. The number of hydrogen-bond acceptors (Lipinski definition) is 3. The summed E-state index contributed by atoms with van der Waals surface area (Å²) >= 11 is 1.57. The van der Waals surface area contributed by atoms with Gasteiger partial charge >= 0.3 is 0 Å². The second-order valence-corrected chi connectivity index (χ2v) is 6.66. The zero-order valence-corrected chi connectivity index (χ0v) is 13.7. The summed E-state index contributed by atoms with van der Waals surface area (Å²) in [6, 6.07) is 12.2. The molecule has 3 aromatic rings. The molecule has 5 heteroatoms. The summed E-state index contributed by atoms with van der Waals surface area (Å²) in [5, 5.41) is 0. The summed E-state index contributed by atoms with van der Waals surface area (Å²) in [7, 11) is 0. The molecule has 120 valence electrons. The van der Waals surface area contributed by atoms with Gasteiger partial charge in [0, 0.05) is 18.7 Å². The Labute approximate surface area is 143 Å². The molecular weight excluding hydrogens is 323 g/mol. The number of benzene rings is 2. The van der Waals surface area contributed by atoms with Crippen LogP contribution < -0.4 is 0 Å². The molecule has 0 spiro atoms. The van der Waals surface area contributed by atoms with Gasteiger partial charge in [0.15, 0.2) is 0 Å². The van der Waals surface area contributed by atoms with Gasteiger partial charge in [-0.05, 0) is 47.9 Å². The standard InChI is InChI=1S/C19H15FN2OS/c20-16-4-1-13(2-5-16)14-7-9-22(10-8-14)19(23)15-3-6-18-17(11-15)21-12-24-18/h1-7,11-12H,8-10H2. The number of halogens is 1. The maximum absolute atomic E-state index is 13.0. The summed E-state index contributed by atoms with van der Waals surface area (Å²) in [5.41, 5.74) is 5.51. The van der Waals surface area contributed by atoms with Gasteiger partial charge in [-0.15, -0.1) is 11.3 Å². The van der Waals surface area contributed by atoms with Gasteiger partial charge in [0.25, 0.3) is 5.91 Å². The quantitative estimate of drug-likeness (QED) is 0.695. The Bertz CT molecular complexity index is 930. The fraction of sp³-hybridized carbons (Fsp3) is 0.158. The molecule has 0 atom stereocenters. The number of nitrogens with zero attached hydrogens (tertiary/aromatic N) is 2. The molecule has 2 aromatic carbocycles. The normalized spacial score (nSPS) is 14.7. The molecule has 1 amide bonds. The van der Waals surface area contributed by atoms with Crippen LogP contribution in [0.5, 0.6) is 0 Å². The van der Waals surface area contributed by atoms with Crippen LogP contribution in [0.4, 0.5) is 4.39 Å². The van der Waals surface area contributed by atoms with Crippen molar-refractivity contribution in [1.82, 2.24) is 9.88 Å². The molecule has 0 unspecified atom stereocenters. The van der Waals surface area contributed by atoms with Crippen molar-refractivity contribution in [3.63, 3.8) is 0 Å². The molecule has 0 bridgehead atoms. The van der Waals surface area contributed by atoms with Crippen molar-refractivity contribution < 1.29 is 9.18 Å². The molecule has 2 heterocycles. The van der Waals surface area contributed by atoms with Crippen molar-refractivity contribution in [3.05, 3.63) is 71.0 Å². The van der Waals surface area contributed by atoms with Crippen LogP contribution in [-0.4, -0.2) is 28.9 Å². The van der Waals surface area contributed by atoms with Crippen molar-refractivity contribution in [1.29, 1.82) is 0 Å². The zero-order chi connectivity index (χ0) is 16.5. The summed E-state index contributed by atoms with van der Waals surface area (Å²) < 4.78 is 14.1. The van der Waals surface area contributed by atoms with Gasteiger partial charge in [-0.3, -0.25) is 4.79 Å². The second-order valence-electron chi connectivity index (χ2n) is 5.77. The summed E-state index contributed by atoms with van der Waals surface area (Å²) in [6.45, 7) is 1.23. The maximum Gasteiger partial charge on any atom is 0.254 e. The number of fused-ring (bicyclic) bond motifs is 1. The topological polar surface area (TPSA) is 33.2 Å². The van der Waals surface area contributed by atoms with E-state index in [1.807, 2.05) is 23.1 Å². The van der Waals surface area contributed by atoms with Crippen molar-refractivity contribution in [2.45, 2.75) is 6.42 Å². The third kappa shape index (κ3) is 2.83. The van der Waals surface area contributed by atoms with E-state index < -0.39 is 0 Å². The Kier molecular flexibility index (Phi) is 3.86. The van der Waals surface area contributed by atoms with E-state index in [4.69, 9.17) is 0 Å². The molecule has 4 rings (SSSR count). The summed E-state index contributed by atoms with van der Waals surface area (Å²) in [6.07, 6.45) is 2.83. The number of carbonyl (C=O) groups is 1. The lowest BCUT2D eigenvalue weighted by atomic mass is 9.99. The molecule has 24 heavy (non-hydrogen) atoms. The van der Waals surface area contributed by atoms with E-state index in [0.717, 1.165) is 27.8 Å². The van der Waals surface area contributed by atoms with E-state index in [-0.39, 0.29) is 11.7 Å². The average Bonchev–Trinajstić information content (AvgIpc) is 3.09. The number of aromatic nitrogens is 1. The fourth-order valence-corrected chi connectivity index (χ4v) is 3.61. The van der Waals surface area contributed by atoms with E-state index >= 15 is 0 Å². The molecule has 1 aliphatic heterocycles. The first-order chi connectivity index (χ1) is 11.7. The van der Waals surface area contributed by atoms with Crippen LogP contribution in [0.15, 0.2) is 54.1 Å². The molecular formula is C19H15FN2OS. The second kappa shape index (κ2) is 6.17. The Balaban J connectivity index is 1.51. The minimum atomic E-state index is -0.232. The minimum absolute atomic E-state index is 0.0271. The molecule has 1 aliphatic rings. The maximum atomic E-state index is 13.0. The van der Waals surface area contributed by atoms with Crippen LogP contribution in [0.2, 0.25) is 0 Å². The largest absolute Gasteiger partial charge is 0.335 e. The monoisotopic (exact) mass is 338 g/mol. The van der Waals surface area contributed by atoms with Crippen LogP contribution in [0.3, 0.4) is 0 Å². The number of rotatable bonds is 2. The number of amides is 1. The van der Waals surface area contributed by atoms with Crippen LogP contribution in [-0.2, 0) is 0 Å². The molecule has 0 radical (unpaired) electrons. The third-order valence-electron chi connectivity index (χ3n) is 4.29. The predicted molar refractivity (Wildman–Crippen MR) is 94.5 cm³/mol. The minimum Gasteiger partial charge on any atom is -0.335 e. The van der Waals surface area contributed by atoms with Gasteiger partial charge in [0.2, 0.25) is 0 Å². The van der Waals surface area contributed by atoms with Gasteiger partial charge < -0.3 is 4.90 Å². The van der Waals surface area contributed by atoms with Gasteiger partial charge in [-0.25, -0.2) is 9.37 Å². The van der Waals surface area contributed by atoms with E-state index in [2.05, 4.69) is 11.1 Å². The molecule has 0 aliphatic carbocycles. The van der Waals surface area contributed by atoms with Crippen LogP contribution >= 0.6 is 11.3 Å². The summed E-state index contributed by atoms with van der Waals surface area (Å²) in [5.74, 6) is -0.205. The highest BCUT2D eigenvalue weighted by Crippen LogP contribution is 2.24. The Morgan fingerprint density at radius 1 is 1.17 bits per heavy atom. The van der Waals surface area contributed by atoms with E-state index in [1.165, 1.54) is 12.1 Å². The van der Waals surface area contributed by atoms with E-state index in [1.54, 1.807) is 29.0 Å². The van der Waals surface area contributed by atoms with Crippen molar-refractivity contribution in [2.24, 2.45) is 0 Å². The Morgan fingerprint density at radius 3 is 2.75 bits per heavy atom. The smallest absolute Gasteiger partial charge is 0.254 e. The number of thiazole rings is 1. The molecule has 0 saturated heterocycles. The van der Waals surface area contributed by atoms with Crippen molar-refractivity contribution in [2.75, 3.05) is 13.1 Å². The highest BCUT2D eigenvalue weighted by atomic mass is 32.1. The van der Waals surface area contributed by atoms with E-state index in [9.17, 15) is 9.18 Å². The van der Waals surface area contributed by atoms with Gasteiger partial charge in [0.1, 0.15) is 5.82 Å². The molecule has 0 N–H and O–H groups in total. The highest BCUT2D eigenvalue weighted by molar-refractivity contribution is 7.16. The zero-order valence-electron chi connectivity index (χ0n) is 12.9. The van der Waals surface area contributed by atoms with Gasteiger partial charge in [0.05, 0.1) is 15.7 Å². The molecule has 0 fully saturated rings. The van der Waals surface area contributed by atoms with Crippen LogP contribution in [0.25, 0.3) is 15.8 Å². The first kappa shape index (κ1) is 15.0. The number of carbonyl (C=O) groups excluding carboxylic acids is 1.